The predicted molar refractivity (Wildman–Crippen MR) is 70.0 cm³/mol. The number of nitriles is 1. The highest BCUT2D eigenvalue weighted by atomic mass is 16.5. The maximum absolute atomic E-state index is 9.40. The van der Waals surface area contributed by atoms with Crippen molar-refractivity contribution >= 4 is 5.90 Å². The van der Waals surface area contributed by atoms with Crippen molar-refractivity contribution in [3.05, 3.63) is 23.4 Å². The molecule has 0 radical (unpaired) electrons. The quantitative estimate of drug-likeness (QED) is 0.757. The van der Waals surface area contributed by atoms with E-state index in [0.29, 0.717) is 11.8 Å². The number of hydrogen-bond donors (Lipinski definition) is 2. The Morgan fingerprint density at radius 1 is 1.53 bits per heavy atom. The van der Waals surface area contributed by atoms with Crippen molar-refractivity contribution in [2.24, 2.45) is 11.8 Å². The zero-order valence-corrected chi connectivity index (χ0v) is 10.8. The van der Waals surface area contributed by atoms with Crippen LogP contribution in [0.2, 0.25) is 0 Å². The summed E-state index contributed by atoms with van der Waals surface area (Å²) < 4.78 is 5.38. The Balaban J connectivity index is 2.06. The van der Waals surface area contributed by atoms with Gasteiger partial charge < -0.3 is 4.74 Å². The second kappa shape index (κ2) is 4.54. The molecule has 1 aliphatic heterocycles. The number of ether oxygens (including phenoxy) is 1. The van der Waals surface area contributed by atoms with Gasteiger partial charge in [-0.25, -0.2) is 0 Å². The fraction of sp³-hybridized carbons (Fsp3) is 0.500. The number of aromatic nitrogens is 2. The van der Waals surface area contributed by atoms with Gasteiger partial charge in [0.2, 0.25) is 11.8 Å². The van der Waals surface area contributed by atoms with Crippen LogP contribution in [0.15, 0.2) is 12.2 Å². The van der Waals surface area contributed by atoms with Crippen LogP contribution in [-0.2, 0) is 0 Å². The Morgan fingerprint density at radius 3 is 3.05 bits per heavy atom. The molecule has 0 saturated carbocycles. The van der Waals surface area contributed by atoms with Gasteiger partial charge in [0.05, 0.1) is 6.07 Å². The molecule has 1 aromatic rings. The molecular formula is C14H16N4O. The molecule has 0 spiro atoms. The lowest BCUT2D eigenvalue weighted by molar-refractivity contribution is 0.317. The lowest BCUT2D eigenvalue weighted by Gasteiger charge is -2.34. The lowest BCUT2D eigenvalue weighted by Crippen LogP contribution is -2.34. The molecule has 1 aliphatic carbocycles. The molecule has 3 atom stereocenters. The molecule has 0 aromatic carbocycles. The molecule has 3 rings (SSSR count). The molecule has 1 aromatic heterocycles. The van der Waals surface area contributed by atoms with Crippen molar-refractivity contribution in [3.8, 4) is 11.9 Å². The smallest absolute Gasteiger partial charge is 0.243 e. The van der Waals surface area contributed by atoms with Crippen LogP contribution >= 0.6 is 0 Å². The van der Waals surface area contributed by atoms with E-state index < -0.39 is 5.92 Å². The number of hydrogen-bond acceptors (Lipinski definition) is 4. The Kier molecular flexibility index (Phi) is 2.86. The number of aromatic amines is 1. The maximum Gasteiger partial charge on any atom is 0.243 e. The van der Waals surface area contributed by atoms with E-state index in [9.17, 15) is 5.26 Å². The summed E-state index contributed by atoms with van der Waals surface area (Å²) in [5.74, 6) is 0.411. The minimum Gasteiger partial charge on any atom is -0.422 e. The summed E-state index contributed by atoms with van der Waals surface area (Å²) in [5.41, 5.74) is 1.94. The van der Waals surface area contributed by atoms with Crippen LogP contribution < -0.4 is 4.74 Å². The molecule has 19 heavy (non-hydrogen) atoms. The first-order chi connectivity index (χ1) is 9.22. The number of H-pyrrole nitrogens is 1. The summed E-state index contributed by atoms with van der Waals surface area (Å²) in [5, 5.41) is 24.3. The van der Waals surface area contributed by atoms with Crippen LogP contribution in [0.3, 0.4) is 0 Å². The van der Waals surface area contributed by atoms with Crippen molar-refractivity contribution in [1.29, 1.82) is 10.7 Å². The van der Waals surface area contributed by atoms with Crippen LogP contribution in [-0.4, -0.2) is 16.1 Å². The van der Waals surface area contributed by atoms with Gasteiger partial charge in [0.1, 0.15) is 5.92 Å². The van der Waals surface area contributed by atoms with Crippen LogP contribution in [0.5, 0.6) is 5.88 Å². The third kappa shape index (κ3) is 1.84. The van der Waals surface area contributed by atoms with Crippen molar-refractivity contribution in [1.82, 2.24) is 10.2 Å². The Labute approximate surface area is 111 Å². The zero-order valence-electron chi connectivity index (χ0n) is 10.8. The van der Waals surface area contributed by atoms with E-state index >= 15 is 0 Å². The van der Waals surface area contributed by atoms with Crippen LogP contribution in [0.25, 0.3) is 0 Å². The highest BCUT2D eigenvalue weighted by Gasteiger charge is 2.42. The fourth-order valence-electron chi connectivity index (χ4n) is 3.17. The Hall–Kier alpha value is -2.09. The van der Waals surface area contributed by atoms with E-state index in [1.165, 1.54) is 0 Å². The predicted octanol–water partition coefficient (Wildman–Crippen LogP) is 2.67. The largest absolute Gasteiger partial charge is 0.422 e. The summed E-state index contributed by atoms with van der Waals surface area (Å²) >= 11 is 0. The van der Waals surface area contributed by atoms with Gasteiger partial charge in [-0.3, -0.25) is 10.5 Å². The van der Waals surface area contributed by atoms with Gasteiger partial charge in [-0.05, 0) is 32.1 Å². The van der Waals surface area contributed by atoms with Crippen LogP contribution in [0.1, 0.15) is 36.4 Å². The number of rotatable bonds is 1. The molecule has 0 amide bonds. The molecule has 2 heterocycles. The summed E-state index contributed by atoms with van der Waals surface area (Å²) in [4.78, 5) is 0. The normalized spacial score (nSPS) is 29.5. The Bertz CT molecular complexity index is 581. The molecule has 98 valence electrons. The third-order valence-corrected chi connectivity index (χ3v) is 4.10. The number of nitrogens with zero attached hydrogens (tertiary/aromatic N) is 2. The number of allylic oxidation sites excluding steroid dienone is 2. The SMILES string of the molecule is Cc1[nH]nc2c1C(C1CC=CCC1)C(C#N)C(=N)O2. The highest BCUT2D eigenvalue weighted by Crippen LogP contribution is 2.46. The minimum absolute atomic E-state index is 0.0185. The summed E-state index contributed by atoms with van der Waals surface area (Å²) in [6.45, 7) is 1.95. The van der Waals surface area contributed by atoms with Crippen molar-refractivity contribution in [2.75, 3.05) is 0 Å². The average Bonchev–Trinajstić information content (AvgIpc) is 2.79. The minimum atomic E-state index is -0.500. The second-order valence-electron chi connectivity index (χ2n) is 5.21. The van der Waals surface area contributed by atoms with Gasteiger partial charge >= 0.3 is 0 Å². The molecular weight excluding hydrogens is 240 g/mol. The first-order valence-corrected chi connectivity index (χ1v) is 6.58. The molecule has 0 saturated heterocycles. The van der Waals surface area contributed by atoms with Gasteiger partial charge in [0, 0.05) is 17.2 Å². The third-order valence-electron chi connectivity index (χ3n) is 4.10. The molecule has 5 heteroatoms. The van der Waals surface area contributed by atoms with Gasteiger partial charge in [-0.1, -0.05) is 12.2 Å². The van der Waals surface area contributed by atoms with Gasteiger partial charge in [0.25, 0.3) is 0 Å². The van der Waals surface area contributed by atoms with Crippen molar-refractivity contribution in [3.63, 3.8) is 0 Å². The fourth-order valence-corrected chi connectivity index (χ4v) is 3.17. The molecule has 2 aliphatic rings. The molecule has 5 nitrogen and oxygen atoms in total. The van der Waals surface area contributed by atoms with E-state index in [2.05, 4.69) is 28.4 Å². The lowest BCUT2D eigenvalue weighted by atomic mass is 9.71. The van der Waals surface area contributed by atoms with Crippen molar-refractivity contribution < 1.29 is 4.74 Å². The van der Waals surface area contributed by atoms with Gasteiger partial charge in [-0.15, -0.1) is 5.10 Å². The first kappa shape index (κ1) is 12.0. The first-order valence-electron chi connectivity index (χ1n) is 6.58. The zero-order chi connectivity index (χ0) is 13.4. The number of nitrogens with one attached hydrogen (secondary N) is 2. The van der Waals surface area contributed by atoms with E-state index in [1.807, 2.05) is 6.92 Å². The molecule has 2 N–H and O–H groups in total. The average molecular weight is 256 g/mol. The standard InChI is InChI=1S/C14H16N4O/c1-8-11-12(9-5-3-2-4-6-9)10(7-15)13(16)19-14(11)18-17-8/h2-3,9-10,12,16H,4-6H2,1H3,(H,17,18). The van der Waals surface area contributed by atoms with E-state index in [4.69, 9.17) is 10.1 Å². The molecule has 3 unspecified atom stereocenters. The van der Waals surface area contributed by atoms with Gasteiger partial charge in [-0.2, -0.15) is 5.26 Å². The highest BCUT2D eigenvalue weighted by molar-refractivity contribution is 5.83. The van der Waals surface area contributed by atoms with Crippen LogP contribution in [0.4, 0.5) is 0 Å². The Morgan fingerprint density at radius 2 is 2.37 bits per heavy atom. The summed E-state index contributed by atoms with van der Waals surface area (Å²) in [6, 6.07) is 2.24. The monoisotopic (exact) mass is 256 g/mol. The molecule has 0 bridgehead atoms. The summed E-state index contributed by atoms with van der Waals surface area (Å²) in [6.07, 6.45) is 7.42. The van der Waals surface area contributed by atoms with E-state index in [-0.39, 0.29) is 11.8 Å². The van der Waals surface area contributed by atoms with Gasteiger partial charge in [0.15, 0.2) is 0 Å². The summed E-state index contributed by atoms with van der Waals surface area (Å²) in [7, 11) is 0. The molecule has 0 fully saturated rings. The number of fused-ring (bicyclic) bond motifs is 1. The maximum atomic E-state index is 9.40. The van der Waals surface area contributed by atoms with Crippen LogP contribution in [0, 0.1) is 35.5 Å². The second-order valence-corrected chi connectivity index (χ2v) is 5.21. The van der Waals surface area contributed by atoms with E-state index in [1.54, 1.807) is 0 Å². The topological polar surface area (TPSA) is 85.5 Å². The number of aryl methyl sites for hydroxylation is 1. The van der Waals surface area contributed by atoms with E-state index in [0.717, 1.165) is 30.5 Å². The van der Waals surface area contributed by atoms with Crippen molar-refractivity contribution in [2.45, 2.75) is 32.1 Å².